The van der Waals surface area contributed by atoms with E-state index in [9.17, 15) is 4.79 Å². The van der Waals surface area contributed by atoms with Gasteiger partial charge in [0.2, 0.25) is 5.91 Å². The predicted molar refractivity (Wildman–Crippen MR) is 31.3 cm³/mol. The van der Waals surface area contributed by atoms with E-state index < -0.39 is 0 Å². The number of hydrogen-bond acceptors (Lipinski definition) is 1. The molecule has 0 aromatic heterocycles. The number of rotatable bonds is 1. The molecule has 1 aliphatic rings. The molecule has 0 bridgehead atoms. The highest BCUT2D eigenvalue weighted by Crippen LogP contribution is 2.44. The van der Waals surface area contributed by atoms with Crippen molar-refractivity contribution >= 4 is 17.7 Å². The van der Waals surface area contributed by atoms with Crippen LogP contribution in [0.2, 0.25) is 0 Å². The summed E-state index contributed by atoms with van der Waals surface area (Å²) in [5.74, 6) is -0.0424. The Balaban J connectivity index is 2.46. The molecule has 1 aliphatic carbocycles. The van der Waals surface area contributed by atoms with Gasteiger partial charge in [-0.2, -0.15) is 0 Å². The first kappa shape index (κ1) is 5.89. The number of nitrogens with one attached hydrogen (secondary N) is 1. The molecule has 1 saturated carbocycles. The van der Waals surface area contributed by atoms with Crippen LogP contribution in [0.25, 0.3) is 0 Å². The van der Waals surface area contributed by atoms with E-state index in [0.29, 0.717) is 0 Å². The van der Waals surface area contributed by atoms with Crippen LogP contribution in [0.4, 0.5) is 0 Å². The smallest absolute Gasteiger partial charge is 0.240 e. The van der Waals surface area contributed by atoms with Crippen molar-refractivity contribution in [3.63, 3.8) is 0 Å². The maximum Gasteiger partial charge on any atom is 0.240 e. The summed E-state index contributed by atoms with van der Waals surface area (Å²) in [6.07, 6.45) is 1.96. The fourth-order valence-electron chi connectivity index (χ4n) is 0.529. The standard InChI is InChI=1S/C5H8ClNO/c1-5(2-3-5)4(8)7-6/h2-3H2,1H3,(H,7,8). The number of carbonyl (C=O) groups is 1. The van der Waals surface area contributed by atoms with E-state index in [4.69, 9.17) is 11.8 Å². The van der Waals surface area contributed by atoms with Gasteiger partial charge in [0.05, 0.1) is 0 Å². The normalized spacial score (nSPS) is 22.2. The second kappa shape index (κ2) is 1.62. The van der Waals surface area contributed by atoms with Crippen LogP contribution < -0.4 is 4.84 Å². The van der Waals surface area contributed by atoms with Crippen molar-refractivity contribution in [1.29, 1.82) is 0 Å². The Labute approximate surface area is 53.3 Å². The average Bonchev–Trinajstić information content (AvgIpc) is 2.47. The molecular formula is C5H8ClNO. The van der Waals surface area contributed by atoms with Crippen LogP contribution in [0.1, 0.15) is 19.8 Å². The van der Waals surface area contributed by atoms with Gasteiger partial charge >= 0.3 is 0 Å². The van der Waals surface area contributed by atoms with Crippen LogP contribution in [-0.4, -0.2) is 5.91 Å². The highest BCUT2D eigenvalue weighted by Gasteiger charge is 2.44. The average molecular weight is 134 g/mol. The molecule has 0 aromatic carbocycles. The van der Waals surface area contributed by atoms with Gasteiger partial charge in [-0.3, -0.25) is 9.63 Å². The van der Waals surface area contributed by atoms with E-state index in [1.165, 1.54) is 0 Å². The molecule has 1 amide bonds. The fraction of sp³-hybridized carbons (Fsp3) is 0.800. The van der Waals surface area contributed by atoms with Crippen molar-refractivity contribution in [2.24, 2.45) is 5.41 Å². The first-order valence-electron chi connectivity index (χ1n) is 2.60. The molecule has 0 radical (unpaired) electrons. The van der Waals surface area contributed by atoms with Gasteiger partial charge in [0.25, 0.3) is 0 Å². The predicted octanol–water partition coefficient (Wildman–Crippen LogP) is 1.06. The van der Waals surface area contributed by atoms with Gasteiger partial charge in [-0.15, -0.1) is 0 Å². The number of hydrogen-bond donors (Lipinski definition) is 1. The SMILES string of the molecule is CC1(C(=O)NCl)CC1. The largest absolute Gasteiger partial charge is 0.273 e. The summed E-state index contributed by atoms with van der Waals surface area (Å²) in [5, 5.41) is 0. The van der Waals surface area contributed by atoms with Gasteiger partial charge in [-0.1, -0.05) is 6.92 Å². The molecule has 0 unspecified atom stereocenters. The molecule has 1 rings (SSSR count). The molecule has 8 heavy (non-hydrogen) atoms. The minimum atomic E-state index is -0.123. The first-order chi connectivity index (χ1) is 3.69. The summed E-state index contributed by atoms with van der Waals surface area (Å²) in [6.45, 7) is 1.91. The molecule has 0 spiro atoms. The van der Waals surface area contributed by atoms with Crippen LogP contribution in [0.3, 0.4) is 0 Å². The summed E-state index contributed by atoms with van der Waals surface area (Å²) in [5.41, 5.74) is -0.123. The van der Waals surface area contributed by atoms with Crippen molar-refractivity contribution in [2.45, 2.75) is 19.8 Å². The van der Waals surface area contributed by atoms with E-state index in [-0.39, 0.29) is 11.3 Å². The van der Waals surface area contributed by atoms with Crippen LogP contribution in [0.5, 0.6) is 0 Å². The summed E-state index contributed by atoms with van der Waals surface area (Å²) < 4.78 is 0. The third-order valence-electron chi connectivity index (χ3n) is 1.63. The molecule has 0 aliphatic heterocycles. The third kappa shape index (κ3) is 0.802. The second-order valence-corrected chi connectivity index (χ2v) is 2.67. The van der Waals surface area contributed by atoms with E-state index in [0.717, 1.165) is 12.8 Å². The van der Waals surface area contributed by atoms with Gasteiger partial charge < -0.3 is 0 Å². The molecule has 0 atom stereocenters. The Morgan fingerprint density at radius 1 is 1.75 bits per heavy atom. The minimum Gasteiger partial charge on any atom is -0.273 e. The van der Waals surface area contributed by atoms with Crippen molar-refractivity contribution in [1.82, 2.24) is 4.84 Å². The van der Waals surface area contributed by atoms with Gasteiger partial charge in [0.15, 0.2) is 0 Å². The third-order valence-corrected chi connectivity index (χ3v) is 1.81. The van der Waals surface area contributed by atoms with Crippen molar-refractivity contribution < 1.29 is 4.79 Å². The second-order valence-electron chi connectivity index (χ2n) is 2.48. The molecule has 1 fully saturated rings. The first-order valence-corrected chi connectivity index (χ1v) is 2.98. The summed E-state index contributed by atoms with van der Waals surface area (Å²) >= 11 is 5.08. The molecule has 2 nitrogen and oxygen atoms in total. The molecule has 0 aromatic rings. The Morgan fingerprint density at radius 3 is 2.38 bits per heavy atom. The van der Waals surface area contributed by atoms with Gasteiger partial charge in [0.1, 0.15) is 0 Å². The highest BCUT2D eigenvalue weighted by atomic mass is 35.5. The molecular weight excluding hydrogens is 126 g/mol. The molecule has 0 saturated heterocycles. The van der Waals surface area contributed by atoms with Crippen molar-refractivity contribution in [3.05, 3.63) is 0 Å². The lowest BCUT2D eigenvalue weighted by Crippen LogP contribution is -2.22. The quantitative estimate of drug-likeness (QED) is 0.533. The summed E-state index contributed by atoms with van der Waals surface area (Å²) in [4.78, 5) is 12.8. The van der Waals surface area contributed by atoms with E-state index in [2.05, 4.69) is 4.84 Å². The van der Waals surface area contributed by atoms with Crippen molar-refractivity contribution in [2.75, 3.05) is 0 Å². The summed E-state index contributed by atoms with van der Waals surface area (Å²) in [6, 6.07) is 0. The molecule has 3 heteroatoms. The maximum absolute atomic E-state index is 10.7. The molecule has 46 valence electrons. The lowest BCUT2D eigenvalue weighted by molar-refractivity contribution is -0.123. The monoisotopic (exact) mass is 133 g/mol. The Bertz CT molecular complexity index is 120. The van der Waals surface area contributed by atoms with Crippen LogP contribution in [0, 0.1) is 5.41 Å². The zero-order valence-corrected chi connectivity index (χ0v) is 5.46. The number of carbonyl (C=O) groups excluding carboxylic acids is 1. The van der Waals surface area contributed by atoms with Gasteiger partial charge in [-0.05, 0) is 12.8 Å². The fourth-order valence-corrected chi connectivity index (χ4v) is 0.757. The van der Waals surface area contributed by atoms with E-state index in [1.54, 1.807) is 0 Å². The topological polar surface area (TPSA) is 29.1 Å². The van der Waals surface area contributed by atoms with E-state index in [1.807, 2.05) is 6.92 Å². The van der Waals surface area contributed by atoms with Crippen LogP contribution in [-0.2, 0) is 4.79 Å². The Hall–Kier alpha value is -0.240. The lowest BCUT2D eigenvalue weighted by atomic mass is 10.1. The zero-order valence-electron chi connectivity index (χ0n) is 4.70. The van der Waals surface area contributed by atoms with Gasteiger partial charge in [0, 0.05) is 17.2 Å². The number of amides is 1. The van der Waals surface area contributed by atoms with Crippen molar-refractivity contribution in [3.8, 4) is 0 Å². The minimum absolute atomic E-state index is 0.0424. The Morgan fingerprint density at radius 2 is 2.25 bits per heavy atom. The maximum atomic E-state index is 10.7. The van der Waals surface area contributed by atoms with Crippen LogP contribution >= 0.6 is 11.8 Å². The lowest BCUT2D eigenvalue weighted by Gasteiger charge is -2.00. The molecule has 0 heterocycles. The molecule has 1 N–H and O–H groups in total. The van der Waals surface area contributed by atoms with E-state index >= 15 is 0 Å². The summed E-state index contributed by atoms with van der Waals surface area (Å²) in [7, 11) is 0. The highest BCUT2D eigenvalue weighted by molar-refractivity contribution is 6.22. The number of halogens is 1. The Kier molecular flexibility index (Phi) is 1.19. The van der Waals surface area contributed by atoms with Gasteiger partial charge in [-0.25, -0.2) is 0 Å². The zero-order chi connectivity index (χ0) is 6.20. The van der Waals surface area contributed by atoms with Crippen LogP contribution in [0.15, 0.2) is 0 Å².